The summed E-state index contributed by atoms with van der Waals surface area (Å²) in [6.07, 6.45) is 0.277. The summed E-state index contributed by atoms with van der Waals surface area (Å²) in [4.78, 5) is 16.1. The van der Waals surface area contributed by atoms with Gasteiger partial charge in [-0.3, -0.25) is 4.79 Å². The molecule has 1 aromatic rings. The van der Waals surface area contributed by atoms with E-state index in [0.29, 0.717) is 13.0 Å². The molecule has 1 N–H and O–H groups in total. The average molecular weight is 262 g/mol. The lowest BCUT2D eigenvalue weighted by atomic mass is 9.99. The van der Waals surface area contributed by atoms with Gasteiger partial charge in [0.1, 0.15) is 0 Å². The Kier molecular flexibility index (Phi) is 4.43. The normalized spacial score (nSPS) is 18.1. The fourth-order valence-corrected chi connectivity index (χ4v) is 2.62. The maximum Gasteiger partial charge on any atom is 0.242 e. The van der Waals surface area contributed by atoms with Crippen molar-refractivity contribution in [3.8, 4) is 0 Å². The number of aliphatic hydroxyl groups excluding tert-OH is 1. The summed E-state index contributed by atoms with van der Waals surface area (Å²) in [6.45, 7) is 6.60. The third kappa shape index (κ3) is 2.89. The summed E-state index contributed by atoms with van der Waals surface area (Å²) in [5.74, 6) is 0.149. The molecule has 0 spiro atoms. The number of para-hydroxylation sites is 1. The van der Waals surface area contributed by atoms with Crippen LogP contribution in [0.4, 0.5) is 5.69 Å². The minimum absolute atomic E-state index is 0.149. The first-order chi connectivity index (χ1) is 9.17. The van der Waals surface area contributed by atoms with Gasteiger partial charge in [0, 0.05) is 30.9 Å². The third-order valence-corrected chi connectivity index (χ3v) is 3.75. The molecular formula is C15H22N2O2. The smallest absolute Gasteiger partial charge is 0.242 e. The third-order valence-electron chi connectivity index (χ3n) is 3.75. The predicted molar refractivity (Wildman–Crippen MR) is 76.2 cm³/mol. The second-order valence-electron chi connectivity index (χ2n) is 4.85. The number of likely N-dealkylation sites (N-methyl/N-ethyl adjacent to an activating group) is 1. The van der Waals surface area contributed by atoms with Gasteiger partial charge >= 0.3 is 0 Å². The topological polar surface area (TPSA) is 43.8 Å². The number of carbonyl (C=O) groups excluding carboxylic acids is 1. The fraction of sp³-hybridized carbons (Fsp3) is 0.533. The van der Waals surface area contributed by atoms with Crippen molar-refractivity contribution in [1.82, 2.24) is 4.90 Å². The van der Waals surface area contributed by atoms with Crippen LogP contribution in [0.5, 0.6) is 0 Å². The summed E-state index contributed by atoms with van der Waals surface area (Å²) in [5, 5.41) is 9.99. The van der Waals surface area contributed by atoms with Crippen molar-refractivity contribution in [3.05, 3.63) is 29.8 Å². The highest BCUT2D eigenvalue weighted by Gasteiger charge is 2.25. The van der Waals surface area contributed by atoms with Gasteiger partial charge in [-0.15, -0.1) is 0 Å². The van der Waals surface area contributed by atoms with E-state index in [1.165, 1.54) is 0 Å². The van der Waals surface area contributed by atoms with E-state index < -0.39 is 6.10 Å². The Morgan fingerprint density at radius 1 is 1.37 bits per heavy atom. The molecule has 1 amide bonds. The highest BCUT2D eigenvalue weighted by molar-refractivity contribution is 5.82. The van der Waals surface area contributed by atoms with Crippen LogP contribution in [0.1, 0.15) is 31.9 Å². The number of anilines is 1. The largest absolute Gasteiger partial charge is 0.388 e. The molecule has 1 aliphatic heterocycles. The van der Waals surface area contributed by atoms with Crippen LogP contribution in [0.2, 0.25) is 0 Å². The van der Waals surface area contributed by atoms with E-state index in [2.05, 4.69) is 4.90 Å². The van der Waals surface area contributed by atoms with Crippen LogP contribution >= 0.6 is 0 Å². The second-order valence-corrected chi connectivity index (χ2v) is 4.85. The van der Waals surface area contributed by atoms with Gasteiger partial charge in [0.2, 0.25) is 5.91 Å². The van der Waals surface area contributed by atoms with E-state index in [-0.39, 0.29) is 5.91 Å². The highest BCUT2D eigenvalue weighted by Crippen LogP contribution is 2.33. The van der Waals surface area contributed by atoms with Gasteiger partial charge in [0.15, 0.2) is 0 Å². The van der Waals surface area contributed by atoms with Crippen molar-refractivity contribution in [3.63, 3.8) is 0 Å². The Bertz CT molecular complexity index is 444. The quantitative estimate of drug-likeness (QED) is 0.900. The van der Waals surface area contributed by atoms with E-state index in [1.807, 2.05) is 43.0 Å². The summed E-state index contributed by atoms with van der Waals surface area (Å²) in [5.41, 5.74) is 1.92. The molecule has 0 radical (unpaired) electrons. The van der Waals surface area contributed by atoms with Crippen LogP contribution in [0.25, 0.3) is 0 Å². The standard InChI is InChI=1S/C15H22N2O2/c1-3-16(4-2)15(19)11-17-10-9-14(18)12-7-5-6-8-13(12)17/h5-8,14,18H,3-4,9-11H2,1-2H3. The van der Waals surface area contributed by atoms with Crippen LogP contribution in [0.3, 0.4) is 0 Å². The van der Waals surface area contributed by atoms with E-state index in [4.69, 9.17) is 0 Å². The van der Waals surface area contributed by atoms with Gasteiger partial charge in [-0.05, 0) is 26.3 Å². The number of amides is 1. The molecule has 0 aromatic heterocycles. The van der Waals surface area contributed by atoms with Crippen molar-refractivity contribution in [2.75, 3.05) is 31.1 Å². The molecular weight excluding hydrogens is 240 g/mol. The minimum atomic E-state index is -0.406. The lowest BCUT2D eigenvalue weighted by molar-refractivity contribution is -0.129. The predicted octanol–water partition coefficient (Wildman–Crippen LogP) is 1.80. The van der Waals surface area contributed by atoms with Crippen molar-refractivity contribution in [2.45, 2.75) is 26.4 Å². The Hall–Kier alpha value is -1.55. The summed E-state index contributed by atoms with van der Waals surface area (Å²) in [7, 11) is 0. The van der Waals surface area contributed by atoms with Crippen LogP contribution < -0.4 is 4.90 Å². The minimum Gasteiger partial charge on any atom is -0.388 e. The SMILES string of the molecule is CCN(CC)C(=O)CN1CCC(O)c2ccccc21. The van der Waals surface area contributed by atoms with Gasteiger partial charge in [-0.1, -0.05) is 18.2 Å². The van der Waals surface area contributed by atoms with Gasteiger partial charge in [-0.25, -0.2) is 0 Å². The molecule has 104 valence electrons. The number of benzene rings is 1. The zero-order chi connectivity index (χ0) is 13.8. The molecule has 0 saturated heterocycles. The molecule has 1 aliphatic rings. The molecule has 4 heteroatoms. The van der Waals surface area contributed by atoms with Crippen molar-refractivity contribution in [2.24, 2.45) is 0 Å². The van der Waals surface area contributed by atoms with Gasteiger partial charge in [-0.2, -0.15) is 0 Å². The number of hydrogen-bond acceptors (Lipinski definition) is 3. The first kappa shape index (κ1) is 13.9. The number of carbonyl (C=O) groups is 1. The molecule has 0 saturated carbocycles. The molecule has 2 rings (SSSR count). The Morgan fingerprint density at radius 3 is 2.74 bits per heavy atom. The maximum absolute atomic E-state index is 12.2. The van der Waals surface area contributed by atoms with E-state index in [1.54, 1.807) is 0 Å². The van der Waals surface area contributed by atoms with Crippen LogP contribution in [-0.4, -0.2) is 42.1 Å². The molecule has 19 heavy (non-hydrogen) atoms. The Morgan fingerprint density at radius 2 is 2.05 bits per heavy atom. The number of nitrogens with zero attached hydrogens (tertiary/aromatic N) is 2. The molecule has 1 unspecified atom stereocenters. The molecule has 1 atom stereocenters. The summed E-state index contributed by atoms with van der Waals surface area (Å²) < 4.78 is 0. The first-order valence-electron chi connectivity index (χ1n) is 6.97. The molecule has 0 aliphatic carbocycles. The number of fused-ring (bicyclic) bond motifs is 1. The van der Waals surface area contributed by atoms with Crippen molar-refractivity contribution >= 4 is 11.6 Å². The summed E-state index contributed by atoms with van der Waals surface area (Å²) in [6, 6.07) is 7.80. The maximum atomic E-state index is 12.2. The fourth-order valence-electron chi connectivity index (χ4n) is 2.62. The number of aliphatic hydroxyl groups is 1. The van der Waals surface area contributed by atoms with Crippen molar-refractivity contribution < 1.29 is 9.90 Å². The van der Waals surface area contributed by atoms with E-state index in [0.717, 1.165) is 30.9 Å². The molecule has 0 bridgehead atoms. The van der Waals surface area contributed by atoms with E-state index in [9.17, 15) is 9.90 Å². The first-order valence-corrected chi connectivity index (χ1v) is 6.97. The molecule has 4 nitrogen and oxygen atoms in total. The van der Waals surface area contributed by atoms with Gasteiger partial charge < -0.3 is 14.9 Å². The van der Waals surface area contributed by atoms with Crippen LogP contribution in [0, 0.1) is 0 Å². The summed E-state index contributed by atoms with van der Waals surface area (Å²) >= 11 is 0. The number of hydrogen-bond donors (Lipinski definition) is 1. The van der Waals surface area contributed by atoms with Crippen LogP contribution in [0.15, 0.2) is 24.3 Å². The Balaban J connectivity index is 2.14. The molecule has 0 fully saturated rings. The lowest BCUT2D eigenvalue weighted by Gasteiger charge is -2.34. The van der Waals surface area contributed by atoms with Gasteiger partial charge in [0.05, 0.1) is 12.6 Å². The highest BCUT2D eigenvalue weighted by atomic mass is 16.3. The van der Waals surface area contributed by atoms with Crippen molar-refractivity contribution in [1.29, 1.82) is 0 Å². The monoisotopic (exact) mass is 262 g/mol. The lowest BCUT2D eigenvalue weighted by Crippen LogP contribution is -2.42. The molecule has 1 aromatic carbocycles. The zero-order valence-electron chi connectivity index (χ0n) is 11.7. The number of rotatable bonds is 4. The second kappa shape index (κ2) is 6.06. The Labute approximate surface area is 114 Å². The zero-order valence-corrected chi connectivity index (χ0v) is 11.7. The average Bonchev–Trinajstić information content (AvgIpc) is 2.44. The molecule has 1 heterocycles. The van der Waals surface area contributed by atoms with Crippen LogP contribution in [-0.2, 0) is 4.79 Å². The van der Waals surface area contributed by atoms with Gasteiger partial charge in [0.25, 0.3) is 0 Å². The van der Waals surface area contributed by atoms with E-state index >= 15 is 0 Å².